The van der Waals surface area contributed by atoms with E-state index in [1.165, 1.54) is 36.4 Å². The number of nitrogens with one attached hydrogen (secondary N) is 2. The Bertz CT molecular complexity index is 836. The second-order valence-electron chi connectivity index (χ2n) is 5.57. The second kappa shape index (κ2) is 9.16. The lowest BCUT2D eigenvalue weighted by molar-refractivity contribution is -0.137. The summed E-state index contributed by atoms with van der Waals surface area (Å²) in [5, 5.41) is 6.44. The molecule has 2 aromatic carbocycles. The van der Waals surface area contributed by atoms with Gasteiger partial charge in [0.25, 0.3) is 5.91 Å². The largest absolute Gasteiger partial charge is 0.435 e. The molecule has 0 radical (unpaired) electrons. The number of rotatable bonds is 7. The van der Waals surface area contributed by atoms with Crippen LogP contribution in [0.25, 0.3) is 0 Å². The van der Waals surface area contributed by atoms with Crippen LogP contribution < -0.4 is 15.5 Å². The van der Waals surface area contributed by atoms with Gasteiger partial charge in [-0.2, -0.15) is 27.1 Å². The molecule has 0 atom stereocenters. The number of nitrogens with zero attached hydrogens (tertiary/aromatic N) is 1. The Morgan fingerprint density at radius 3 is 2.43 bits per heavy atom. The van der Waals surface area contributed by atoms with Gasteiger partial charge in [0.1, 0.15) is 5.75 Å². The van der Waals surface area contributed by atoms with Crippen LogP contribution in [0.1, 0.15) is 18.1 Å². The molecule has 0 aliphatic heterocycles. The van der Waals surface area contributed by atoms with E-state index in [2.05, 4.69) is 20.6 Å². The lowest BCUT2D eigenvalue weighted by atomic mass is 10.1. The number of alkyl halides is 5. The molecule has 28 heavy (non-hydrogen) atoms. The summed E-state index contributed by atoms with van der Waals surface area (Å²) in [5.41, 5.74) is 2.53. The molecule has 0 saturated carbocycles. The Balaban J connectivity index is 1.89. The van der Waals surface area contributed by atoms with Crippen LogP contribution in [-0.2, 0) is 11.0 Å². The number of hydrogen-bond acceptors (Lipinski definition) is 4. The van der Waals surface area contributed by atoms with Gasteiger partial charge in [0.05, 0.1) is 17.8 Å². The molecular weight excluding hydrogens is 385 g/mol. The number of halogens is 5. The fourth-order valence-corrected chi connectivity index (χ4v) is 2.12. The first kappa shape index (κ1) is 21.1. The first-order chi connectivity index (χ1) is 13.1. The Morgan fingerprint density at radius 2 is 1.82 bits per heavy atom. The maximum atomic E-state index is 12.7. The van der Waals surface area contributed by atoms with Crippen LogP contribution in [0.4, 0.5) is 27.6 Å². The SMILES string of the molecule is C/C(=N\NC(=O)CNc1cccc(C(F)(F)F)c1)c1ccc(OC(F)F)cc1. The summed E-state index contributed by atoms with van der Waals surface area (Å²) < 4.78 is 66.4. The van der Waals surface area contributed by atoms with E-state index in [1.807, 2.05) is 0 Å². The number of anilines is 1. The monoisotopic (exact) mass is 401 g/mol. The van der Waals surface area contributed by atoms with E-state index < -0.39 is 24.3 Å². The van der Waals surface area contributed by atoms with Crippen LogP contribution in [0.2, 0.25) is 0 Å². The summed E-state index contributed by atoms with van der Waals surface area (Å²) in [7, 11) is 0. The van der Waals surface area contributed by atoms with Crippen molar-refractivity contribution in [1.29, 1.82) is 0 Å². The average Bonchev–Trinajstić information content (AvgIpc) is 2.64. The molecule has 0 heterocycles. The highest BCUT2D eigenvalue weighted by molar-refractivity contribution is 5.99. The van der Waals surface area contributed by atoms with Crippen LogP contribution in [0.5, 0.6) is 5.75 Å². The van der Waals surface area contributed by atoms with Crippen LogP contribution in [0.3, 0.4) is 0 Å². The quantitative estimate of drug-likeness (QED) is 0.414. The van der Waals surface area contributed by atoms with E-state index in [0.717, 1.165) is 12.1 Å². The molecule has 2 N–H and O–H groups in total. The van der Waals surface area contributed by atoms with Crippen LogP contribution in [0, 0.1) is 0 Å². The number of hydrogen-bond donors (Lipinski definition) is 2. The maximum absolute atomic E-state index is 12.7. The van der Waals surface area contributed by atoms with Crippen molar-refractivity contribution in [2.24, 2.45) is 5.10 Å². The Hall–Kier alpha value is -3.17. The van der Waals surface area contributed by atoms with E-state index in [-0.39, 0.29) is 18.0 Å². The van der Waals surface area contributed by atoms with E-state index >= 15 is 0 Å². The molecule has 5 nitrogen and oxygen atoms in total. The van der Waals surface area contributed by atoms with Crippen molar-refractivity contribution in [3.63, 3.8) is 0 Å². The van der Waals surface area contributed by atoms with Gasteiger partial charge in [0, 0.05) is 5.69 Å². The van der Waals surface area contributed by atoms with Crippen molar-refractivity contribution < 1.29 is 31.5 Å². The van der Waals surface area contributed by atoms with Gasteiger partial charge in [-0.3, -0.25) is 4.79 Å². The zero-order valence-electron chi connectivity index (χ0n) is 14.6. The minimum absolute atomic E-state index is 0.0131. The van der Waals surface area contributed by atoms with Gasteiger partial charge < -0.3 is 10.1 Å². The van der Waals surface area contributed by atoms with Crippen LogP contribution in [0.15, 0.2) is 53.6 Å². The molecule has 150 valence electrons. The second-order valence-corrected chi connectivity index (χ2v) is 5.57. The summed E-state index contributed by atoms with van der Waals surface area (Å²) >= 11 is 0. The molecule has 0 aromatic heterocycles. The topological polar surface area (TPSA) is 62.7 Å². The number of carbonyl (C=O) groups excluding carboxylic acids is 1. The first-order valence-corrected chi connectivity index (χ1v) is 7.94. The predicted octanol–water partition coefficient (Wildman–Crippen LogP) is 4.26. The Labute approximate surface area is 157 Å². The minimum Gasteiger partial charge on any atom is -0.435 e. The van der Waals surface area contributed by atoms with Gasteiger partial charge in [0.15, 0.2) is 0 Å². The molecule has 0 spiro atoms. The summed E-state index contributed by atoms with van der Waals surface area (Å²) in [6, 6.07) is 10.1. The van der Waals surface area contributed by atoms with Gasteiger partial charge in [-0.05, 0) is 55.0 Å². The summed E-state index contributed by atoms with van der Waals surface area (Å²) in [6.45, 7) is -1.63. The molecule has 0 saturated heterocycles. The molecular formula is C18H16F5N3O2. The number of ether oxygens (including phenoxy) is 1. The zero-order chi connectivity index (χ0) is 20.7. The number of benzene rings is 2. The van der Waals surface area contributed by atoms with Crippen LogP contribution >= 0.6 is 0 Å². The predicted molar refractivity (Wildman–Crippen MR) is 93.4 cm³/mol. The third kappa shape index (κ3) is 6.53. The highest BCUT2D eigenvalue weighted by atomic mass is 19.4. The lowest BCUT2D eigenvalue weighted by Gasteiger charge is -2.10. The molecule has 2 aromatic rings. The van der Waals surface area contributed by atoms with Gasteiger partial charge in [-0.1, -0.05) is 6.07 Å². The van der Waals surface area contributed by atoms with Crippen molar-refractivity contribution in [2.45, 2.75) is 19.7 Å². The summed E-state index contributed by atoms with van der Waals surface area (Å²) in [5.74, 6) is -0.588. The van der Waals surface area contributed by atoms with Crippen molar-refractivity contribution in [3.05, 3.63) is 59.7 Å². The fraction of sp³-hybridized carbons (Fsp3) is 0.222. The van der Waals surface area contributed by atoms with E-state index in [0.29, 0.717) is 11.3 Å². The van der Waals surface area contributed by atoms with Gasteiger partial charge in [-0.15, -0.1) is 0 Å². The van der Waals surface area contributed by atoms with Crippen molar-refractivity contribution >= 4 is 17.3 Å². The van der Waals surface area contributed by atoms with Gasteiger partial charge in [-0.25, -0.2) is 5.43 Å². The molecule has 0 fully saturated rings. The van der Waals surface area contributed by atoms with E-state index in [9.17, 15) is 26.7 Å². The highest BCUT2D eigenvalue weighted by Crippen LogP contribution is 2.30. The molecule has 0 bridgehead atoms. The maximum Gasteiger partial charge on any atom is 0.416 e. The Morgan fingerprint density at radius 1 is 1.14 bits per heavy atom. The molecule has 0 aliphatic carbocycles. The first-order valence-electron chi connectivity index (χ1n) is 7.94. The molecule has 1 amide bonds. The van der Waals surface area contributed by atoms with Crippen LogP contribution in [-0.4, -0.2) is 24.8 Å². The van der Waals surface area contributed by atoms with Crippen molar-refractivity contribution in [3.8, 4) is 5.75 Å². The molecule has 2 rings (SSSR count). The van der Waals surface area contributed by atoms with Gasteiger partial charge >= 0.3 is 12.8 Å². The standard InChI is InChI=1S/C18H16F5N3O2/c1-11(12-5-7-15(8-6-12)28-17(19)20)25-26-16(27)10-24-14-4-2-3-13(9-14)18(21,22)23/h2-9,17,24H,10H2,1H3,(H,26,27)/b25-11+. The normalized spacial score (nSPS) is 12.0. The minimum atomic E-state index is -4.47. The summed E-state index contributed by atoms with van der Waals surface area (Å²) in [6.07, 6.45) is -4.47. The van der Waals surface area contributed by atoms with Crippen molar-refractivity contribution in [2.75, 3.05) is 11.9 Å². The number of amides is 1. The zero-order valence-corrected chi connectivity index (χ0v) is 14.6. The third-order valence-electron chi connectivity index (χ3n) is 3.49. The smallest absolute Gasteiger partial charge is 0.416 e. The third-order valence-corrected chi connectivity index (χ3v) is 3.49. The molecule has 10 heteroatoms. The molecule has 0 unspecified atom stereocenters. The fourth-order valence-electron chi connectivity index (χ4n) is 2.12. The highest BCUT2D eigenvalue weighted by Gasteiger charge is 2.30. The molecule has 0 aliphatic rings. The van der Waals surface area contributed by atoms with E-state index in [1.54, 1.807) is 6.92 Å². The lowest BCUT2D eigenvalue weighted by Crippen LogP contribution is -2.26. The Kier molecular flexibility index (Phi) is 6.91. The van der Waals surface area contributed by atoms with Crippen molar-refractivity contribution in [1.82, 2.24) is 5.43 Å². The number of hydrazone groups is 1. The van der Waals surface area contributed by atoms with E-state index in [4.69, 9.17) is 0 Å². The average molecular weight is 401 g/mol. The number of carbonyl (C=O) groups is 1. The van der Waals surface area contributed by atoms with Gasteiger partial charge in [0.2, 0.25) is 0 Å². The summed E-state index contributed by atoms with van der Waals surface area (Å²) in [4.78, 5) is 11.8.